The molecule has 1 unspecified atom stereocenters. The number of imide groups is 1. The van der Waals surface area contributed by atoms with E-state index < -0.39 is 52.9 Å². The first-order valence-electron chi connectivity index (χ1n) is 10.4. The molecule has 1 aromatic carbocycles. The Morgan fingerprint density at radius 2 is 2.10 bits per heavy atom. The summed E-state index contributed by atoms with van der Waals surface area (Å²) in [5, 5.41) is 14.9. The summed E-state index contributed by atoms with van der Waals surface area (Å²) in [6.07, 6.45) is 1.14. The number of benzene rings is 1. The summed E-state index contributed by atoms with van der Waals surface area (Å²) in [7, 11) is 0. The van der Waals surface area contributed by atoms with Gasteiger partial charge in [0.2, 0.25) is 17.7 Å². The number of carbonyl (C=O) groups excluding carboxylic acids is 3. The summed E-state index contributed by atoms with van der Waals surface area (Å²) in [5.41, 5.74) is -0.983. The molecule has 4 aliphatic rings. The van der Waals surface area contributed by atoms with Crippen molar-refractivity contribution in [1.29, 1.82) is 0 Å². The number of carboxylic acids is 1. The number of nitrogens with zero attached hydrogens (tertiary/aromatic N) is 1. The number of ether oxygens (including phenoxy) is 1. The Hall–Kier alpha value is -2.85. The Balaban J connectivity index is 1.57. The number of hydrogen-bond acceptors (Lipinski definition) is 6. The molecule has 3 N–H and O–H groups in total. The number of carboxylic acid groups (broad SMARTS) is 1. The zero-order chi connectivity index (χ0) is 21.9. The molecule has 0 radical (unpaired) electrons. The van der Waals surface area contributed by atoms with Gasteiger partial charge in [0.1, 0.15) is 11.4 Å². The van der Waals surface area contributed by atoms with Crippen molar-refractivity contribution in [3.05, 3.63) is 29.6 Å². The van der Waals surface area contributed by atoms with E-state index in [4.69, 9.17) is 9.84 Å². The number of fused-ring (bicyclic) bond motifs is 4. The van der Waals surface area contributed by atoms with Crippen LogP contribution in [-0.4, -0.2) is 59.0 Å². The lowest BCUT2D eigenvalue weighted by atomic mass is 9.76. The van der Waals surface area contributed by atoms with E-state index in [1.54, 1.807) is 0 Å². The van der Waals surface area contributed by atoms with Gasteiger partial charge >= 0.3 is 5.97 Å². The van der Waals surface area contributed by atoms with Crippen LogP contribution in [0.3, 0.4) is 0 Å². The molecule has 10 heteroatoms. The van der Waals surface area contributed by atoms with Crippen molar-refractivity contribution in [1.82, 2.24) is 10.2 Å². The predicted molar refractivity (Wildman–Crippen MR) is 103 cm³/mol. The van der Waals surface area contributed by atoms with Gasteiger partial charge in [-0.15, -0.1) is 0 Å². The second-order valence-electron chi connectivity index (χ2n) is 8.56. The maximum atomic E-state index is 14.1. The van der Waals surface area contributed by atoms with Crippen LogP contribution in [0.15, 0.2) is 18.2 Å². The van der Waals surface area contributed by atoms with Gasteiger partial charge in [0.15, 0.2) is 0 Å². The first-order chi connectivity index (χ1) is 14.8. The summed E-state index contributed by atoms with van der Waals surface area (Å²) < 4.78 is 19.7. The maximum absolute atomic E-state index is 14.1. The standard InChI is InChI=1S/C21H22FN3O6/c22-10-3-4-13-12(8-10)21(20(30)23-13)17-16(14(24-21)5-6-15(26)27)18(28)25(19(17)29)9-11-2-1-7-31-11/h3-4,8,11,14,16-17,24H,1-2,5-7,9H2,(H,23,30)(H,26,27)/t11?,14-,16-,17+,21+/m0/s1. The highest BCUT2D eigenvalue weighted by Crippen LogP contribution is 2.53. The van der Waals surface area contributed by atoms with Crippen LogP contribution in [0.2, 0.25) is 0 Å². The fourth-order valence-electron chi connectivity index (χ4n) is 5.53. The fraction of sp³-hybridized carbons (Fsp3) is 0.524. The van der Waals surface area contributed by atoms with Crippen molar-refractivity contribution in [3.63, 3.8) is 0 Å². The number of halogens is 1. The highest BCUT2D eigenvalue weighted by molar-refractivity contribution is 6.15. The highest BCUT2D eigenvalue weighted by Gasteiger charge is 2.70. The smallest absolute Gasteiger partial charge is 0.303 e. The van der Waals surface area contributed by atoms with E-state index in [1.165, 1.54) is 18.2 Å². The third-order valence-corrected chi connectivity index (χ3v) is 6.85. The third-order valence-electron chi connectivity index (χ3n) is 6.85. The van der Waals surface area contributed by atoms with Gasteiger partial charge in [-0.3, -0.25) is 29.4 Å². The molecule has 9 nitrogen and oxygen atoms in total. The Kier molecular flexibility index (Phi) is 4.60. The average molecular weight is 431 g/mol. The second-order valence-corrected chi connectivity index (χ2v) is 8.56. The van der Waals surface area contributed by atoms with Crippen molar-refractivity contribution in [2.24, 2.45) is 11.8 Å². The molecule has 0 saturated carbocycles. The SMILES string of the molecule is O=C(O)CC[C@@H]1N[C@@]2(C(=O)Nc3ccc(F)cc32)[C@H]2C(=O)N(CC3CCCO3)C(=O)[C@@H]12. The van der Waals surface area contributed by atoms with Gasteiger partial charge in [-0.2, -0.15) is 0 Å². The van der Waals surface area contributed by atoms with Crippen LogP contribution in [0.25, 0.3) is 0 Å². The number of rotatable bonds is 5. The minimum atomic E-state index is -1.62. The first kappa shape index (κ1) is 20.1. The minimum Gasteiger partial charge on any atom is -0.481 e. The molecular formula is C21H22FN3O6. The van der Waals surface area contributed by atoms with Gasteiger partial charge in [-0.1, -0.05) is 0 Å². The summed E-state index contributed by atoms with van der Waals surface area (Å²) in [6, 6.07) is 3.10. The number of nitrogens with one attached hydrogen (secondary N) is 2. The molecule has 31 heavy (non-hydrogen) atoms. The molecule has 3 fully saturated rings. The molecule has 0 aromatic heterocycles. The quantitative estimate of drug-likeness (QED) is 0.583. The number of hydrogen-bond donors (Lipinski definition) is 3. The molecule has 3 amide bonds. The molecule has 0 aliphatic carbocycles. The zero-order valence-corrected chi connectivity index (χ0v) is 16.6. The van der Waals surface area contributed by atoms with Crippen molar-refractivity contribution < 1.29 is 33.4 Å². The monoisotopic (exact) mass is 431 g/mol. The fourth-order valence-corrected chi connectivity index (χ4v) is 5.53. The van der Waals surface area contributed by atoms with E-state index in [0.717, 1.165) is 17.7 Å². The average Bonchev–Trinajstić information content (AvgIpc) is 3.46. The molecule has 3 saturated heterocycles. The van der Waals surface area contributed by atoms with Gasteiger partial charge in [-0.25, -0.2) is 4.39 Å². The molecule has 0 bridgehead atoms. The number of anilines is 1. The van der Waals surface area contributed by atoms with Crippen LogP contribution in [0.5, 0.6) is 0 Å². The molecule has 5 atom stereocenters. The molecule has 4 heterocycles. The van der Waals surface area contributed by atoms with Crippen LogP contribution in [0.1, 0.15) is 31.2 Å². The van der Waals surface area contributed by atoms with Crippen molar-refractivity contribution in [2.75, 3.05) is 18.5 Å². The van der Waals surface area contributed by atoms with Crippen molar-refractivity contribution in [3.8, 4) is 0 Å². The van der Waals surface area contributed by atoms with E-state index in [1.807, 2.05) is 0 Å². The lowest BCUT2D eigenvalue weighted by Gasteiger charge is -2.30. The summed E-state index contributed by atoms with van der Waals surface area (Å²) in [4.78, 5) is 52.3. The van der Waals surface area contributed by atoms with Crippen LogP contribution in [-0.2, 0) is 29.5 Å². The Bertz CT molecular complexity index is 993. The van der Waals surface area contributed by atoms with E-state index in [9.17, 15) is 23.6 Å². The normalized spacial score (nSPS) is 33.8. The zero-order valence-electron chi connectivity index (χ0n) is 16.6. The van der Waals surface area contributed by atoms with Gasteiger partial charge in [-0.05, 0) is 37.5 Å². The number of carbonyl (C=O) groups is 4. The topological polar surface area (TPSA) is 125 Å². The first-order valence-corrected chi connectivity index (χ1v) is 10.4. The van der Waals surface area contributed by atoms with Crippen molar-refractivity contribution >= 4 is 29.4 Å². The number of aliphatic carboxylic acids is 1. The summed E-state index contributed by atoms with van der Waals surface area (Å²) in [6.45, 7) is 0.666. The highest BCUT2D eigenvalue weighted by atomic mass is 19.1. The minimum absolute atomic E-state index is 0.0585. The van der Waals surface area contributed by atoms with E-state index in [2.05, 4.69) is 10.6 Å². The molecule has 1 aromatic rings. The van der Waals surface area contributed by atoms with Crippen LogP contribution >= 0.6 is 0 Å². The lowest BCUT2D eigenvalue weighted by Crippen LogP contribution is -2.53. The third kappa shape index (κ3) is 2.89. The number of amides is 3. The predicted octanol–water partition coefficient (Wildman–Crippen LogP) is 0.590. The lowest BCUT2D eigenvalue weighted by molar-refractivity contribution is -0.144. The molecule has 4 aliphatic heterocycles. The maximum Gasteiger partial charge on any atom is 0.303 e. The van der Waals surface area contributed by atoms with Crippen LogP contribution in [0, 0.1) is 17.7 Å². The van der Waals surface area contributed by atoms with Gasteiger partial charge < -0.3 is 15.2 Å². The number of likely N-dealkylation sites (tertiary alicyclic amines) is 1. The summed E-state index contributed by atoms with van der Waals surface area (Å²) in [5.74, 6) is -5.10. The van der Waals surface area contributed by atoms with Gasteiger partial charge in [0, 0.05) is 30.3 Å². The van der Waals surface area contributed by atoms with E-state index in [-0.39, 0.29) is 31.1 Å². The van der Waals surface area contributed by atoms with Crippen molar-refractivity contribution in [2.45, 2.75) is 43.4 Å². The van der Waals surface area contributed by atoms with Gasteiger partial charge in [0.05, 0.1) is 24.5 Å². The Morgan fingerprint density at radius 3 is 2.81 bits per heavy atom. The molecule has 5 rings (SSSR count). The van der Waals surface area contributed by atoms with Gasteiger partial charge in [0.25, 0.3) is 0 Å². The van der Waals surface area contributed by atoms with Crippen LogP contribution in [0.4, 0.5) is 10.1 Å². The largest absolute Gasteiger partial charge is 0.481 e. The van der Waals surface area contributed by atoms with E-state index in [0.29, 0.717) is 12.3 Å². The Morgan fingerprint density at radius 1 is 1.29 bits per heavy atom. The van der Waals surface area contributed by atoms with Crippen LogP contribution < -0.4 is 10.6 Å². The second kappa shape index (κ2) is 7.10. The van der Waals surface area contributed by atoms with E-state index >= 15 is 0 Å². The molecule has 1 spiro atoms. The Labute approximate surface area is 176 Å². The summed E-state index contributed by atoms with van der Waals surface area (Å²) >= 11 is 0. The molecule has 164 valence electrons. The molecular weight excluding hydrogens is 409 g/mol.